The van der Waals surface area contributed by atoms with Gasteiger partial charge in [0.15, 0.2) is 0 Å². The molecule has 0 bridgehead atoms. The van der Waals surface area contributed by atoms with Crippen LogP contribution in [0.1, 0.15) is 21.5 Å². The predicted molar refractivity (Wildman–Crippen MR) is 64.9 cm³/mol. The van der Waals surface area contributed by atoms with E-state index >= 15 is 0 Å². The first-order valence-electron chi connectivity index (χ1n) is 4.81. The molecule has 0 aliphatic heterocycles. The van der Waals surface area contributed by atoms with E-state index in [2.05, 4.69) is 24.3 Å². The third kappa shape index (κ3) is 2.41. The van der Waals surface area contributed by atoms with Crippen LogP contribution < -0.4 is 5.73 Å². The van der Waals surface area contributed by atoms with Crippen molar-refractivity contribution in [2.24, 2.45) is 0 Å². The topological polar surface area (TPSA) is 63.3 Å². The monoisotopic (exact) mass is 233 g/mol. The lowest BCUT2D eigenvalue weighted by Crippen LogP contribution is -1.96. The minimum absolute atomic E-state index is 0.194. The molecule has 1 aliphatic carbocycles. The van der Waals surface area contributed by atoms with Gasteiger partial charge in [-0.15, -0.1) is 11.3 Å². The Morgan fingerprint density at radius 3 is 2.19 bits per heavy atom. The summed E-state index contributed by atoms with van der Waals surface area (Å²) in [6.45, 7) is 0. The maximum atomic E-state index is 10.2. The molecule has 3 N–H and O–H groups in total. The van der Waals surface area contributed by atoms with Gasteiger partial charge in [-0.05, 0) is 29.0 Å². The number of carboxylic acids is 1. The van der Waals surface area contributed by atoms with Crippen LogP contribution in [0.25, 0.3) is 0 Å². The normalized spacial score (nSPS) is 11.0. The van der Waals surface area contributed by atoms with Crippen LogP contribution in [0.2, 0.25) is 0 Å². The van der Waals surface area contributed by atoms with Gasteiger partial charge in [0.2, 0.25) is 0 Å². The van der Waals surface area contributed by atoms with Crippen molar-refractivity contribution in [2.75, 3.05) is 5.73 Å². The van der Waals surface area contributed by atoms with Gasteiger partial charge in [-0.25, -0.2) is 4.79 Å². The number of benzene rings is 1. The number of nitrogen functional groups attached to an aromatic ring is 1. The van der Waals surface area contributed by atoms with Crippen LogP contribution in [0.15, 0.2) is 35.7 Å². The Balaban J connectivity index is 0.000000123. The van der Waals surface area contributed by atoms with E-state index in [9.17, 15) is 4.79 Å². The highest BCUT2D eigenvalue weighted by Gasteiger charge is 2.12. The van der Waals surface area contributed by atoms with Crippen LogP contribution in [-0.4, -0.2) is 11.1 Å². The zero-order valence-corrected chi connectivity index (χ0v) is 9.33. The van der Waals surface area contributed by atoms with Gasteiger partial charge in [-0.2, -0.15) is 0 Å². The Kier molecular flexibility index (Phi) is 2.92. The van der Waals surface area contributed by atoms with E-state index in [1.165, 1.54) is 35.0 Å². The number of rotatable bonds is 1. The Bertz CT molecular complexity index is 498. The second-order valence-electron chi connectivity index (χ2n) is 3.45. The summed E-state index contributed by atoms with van der Waals surface area (Å²) in [6, 6.07) is 10.0. The number of anilines is 1. The van der Waals surface area contributed by atoms with Crippen molar-refractivity contribution in [2.45, 2.75) is 6.42 Å². The van der Waals surface area contributed by atoms with E-state index in [0.717, 1.165) is 0 Å². The molecule has 0 spiro atoms. The van der Waals surface area contributed by atoms with Gasteiger partial charge >= 0.3 is 5.97 Å². The Labute approximate surface area is 97.2 Å². The summed E-state index contributed by atoms with van der Waals surface area (Å²) >= 11 is 1.23. The number of hydrogen-bond acceptors (Lipinski definition) is 3. The molecule has 1 aliphatic rings. The van der Waals surface area contributed by atoms with Gasteiger partial charge in [-0.1, -0.05) is 24.3 Å². The lowest BCUT2D eigenvalue weighted by Gasteiger charge is -1.86. The minimum Gasteiger partial charge on any atom is -0.478 e. The summed E-state index contributed by atoms with van der Waals surface area (Å²) in [5.74, 6) is -0.964. The number of thiophene rings is 1. The highest BCUT2D eigenvalue weighted by atomic mass is 32.1. The van der Waals surface area contributed by atoms with Gasteiger partial charge in [0.1, 0.15) is 5.00 Å². The number of aromatic carboxylic acids is 1. The van der Waals surface area contributed by atoms with E-state index in [1.807, 2.05) is 0 Å². The van der Waals surface area contributed by atoms with Gasteiger partial charge in [0, 0.05) is 0 Å². The summed E-state index contributed by atoms with van der Waals surface area (Å²) in [4.78, 5) is 10.2. The molecule has 1 aromatic carbocycles. The van der Waals surface area contributed by atoms with Gasteiger partial charge < -0.3 is 10.8 Å². The average Bonchev–Trinajstić information content (AvgIpc) is 2.93. The maximum Gasteiger partial charge on any atom is 0.338 e. The third-order valence-corrected chi connectivity index (χ3v) is 3.05. The Morgan fingerprint density at radius 2 is 1.88 bits per heavy atom. The highest BCUT2D eigenvalue weighted by Crippen LogP contribution is 2.25. The lowest BCUT2D eigenvalue weighted by molar-refractivity contribution is 0.0698. The SMILES string of the molecule is Nc1sccc1C(=O)O.c1ccc2c(c1)C2. The quantitative estimate of drug-likeness (QED) is 0.679. The van der Waals surface area contributed by atoms with Crippen molar-refractivity contribution in [1.82, 2.24) is 0 Å². The van der Waals surface area contributed by atoms with Gasteiger partial charge in [-0.3, -0.25) is 0 Å². The zero-order valence-electron chi connectivity index (χ0n) is 8.51. The molecule has 1 heterocycles. The fourth-order valence-electron chi connectivity index (χ4n) is 1.33. The van der Waals surface area contributed by atoms with Crippen LogP contribution >= 0.6 is 11.3 Å². The van der Waals surface area contributed by atoms with E-state index in [1.54, 1.807) is 5.38 Å². The van der Waals surface area contributed by atoms with Crippen molar-refractivity contribution in [3.63, 3.8) is 0 Å². The first-order valence-corrected chi connectivity index (χ1v) is 5.69. The molecule has 0 radical (unpaired) electrons. The summed E-state index contributed by atoms with van der Waals surface area (Å²) < 4.78 is 0. The number of hydrogen-bond donors (Lipinski definition) is 2. The maximum absolute atomic E-state index is 10.2. The fraction of sp³-hybridized carbons (Fsp3) is 0.0833. The molecule has 3 rings (SSSR count). The molecule has 1 aromatic heterocycles. The number of nitrogens with two attached hydrogens (primary N) is 1. The molecule has 4 heteroatoms. The number of carbonyl (C=O) groups is 1. The molecule has 3 nitrogen and oxygen atoms in total. The Morgan fingerprint density at radius 1 is 1.25 bits per heavy atom. The first-order chi connectivity index (χ1) is 7.68. The molecule has 0 amide bonds. The fourth-order valence-corrected chi connectivity index (χ4v) is 1.97. The van der Waals surface area contributed by atoms with Crippen LogP contribution in [0.5, 0.6) is 0 Å². The van der Waals surface area contributed by atoms with E-state index < -0.39 is 5.97 Å². The molecule has 16 heavy (non-hydrogen) atoms. The molecule has 0 unspecified atom stereocenters. The van der Waals surface area contributed by atoms with Crippen molar-refractivity contribution >= 4 is 22.3 Å². The largest absolute Gasteiger partial charge is 0.478 e. The van der Waals surface area contributed by atoms with Crippen LogP contribution in [0.3, 0.4) is 0 Å². The molecule has 0 fully saturated rings. The zero-order chi connectivity index (χ0) is 11.5. The standard InChI is InChI=1S/C7H6.C5H5NO2S/c1-2-4-7-5-6(7)3-1;6-4-3(5(7)8)1-2-9-4/h1-4H,5H2;1-2H,6H2,(H,7,8). The van der Waals surface area contributed by atoms with E-state index in [0.29, 0.717) is 5.00 Å². The second-order valence-corrected chi connectivity index (χ2v) is 4.40. The summed E-state index contributed by atoms with van der Waals surface area (Å²) in [6.07, 6.45) is 1.24. The van der Waals surface area contributed by atoms with Gasteiger partial charge in [0.05, 0.1) is 5.56 Å². The third-order valence-electron chi connectivity index (χ3n) is 2.30. The Hall–Kier alpha value is -1.81. The molecule has 2 aromatic rings. The van der Waals surface area contributed by atoms with Crippen LogP contribution in [-0.2, 0) is 6.42 Å². The summed E-state index contributed by atoms with van der Waals surface area (Å²) in [7, 11) is 0. The number of fused-ring (bicyclic) bond motifs is 1. The smallest absolute Gasteiger partial charge is 0.338 e. The van der Waals surface area contributed by atoms with Crippen molar-refractivity contribution in [1.29, 1.82) is 0 Å². The van der Waals surface area contributed by atoms with Crippen molar-refractivity contribution in [3.05, 3.63) is 52.4 Å². The average molecular weight is 233 g/mol. The van der Waals surface area contributed by atoms with Gasteiger partial charge in [0.25, 0.3) is 0 Å². The summed E-state index contributed by atoms with van der Waals surface area (Å²) in [5, 5.41) is 10.4. The molecular weight excluding hydrogens is 222 g/mol. The minimum atomic E-state index is -0.964. The molecule has 0 saturated heterocycles. The number of carboxylic acid groups (broad SMARTS) is 1. The van der Waals surface area contributed by atoms with Crippen molar-refractivity contribution < 1.29 is 9.90 Å². The highest BCUT2D eigenvalue weighted by molar-refractivity contribution is 7.14. The first kappa shape index (κ1) is 10.7. The molecule has 0 atom stereocenters. The molecule has 0 saturated carbocycles. The van der Waals surface area contributed by atoms with Crippen molar-refractivity contribution in [3.8, 4) is 0 Å². The van der Waals surface area contributed by atoms with Crippen LogP contribution in [0.4, 0.5) is 5.00 Å². The summed E-state index contributed by atoms with van der Waals surface area (Å²) in [5.41, 5.74) is 8.53. The molecular formula is C12H11NO2S. The lowest BCUT2D eigenvalue weighted by atomic mass is 10.3. The van der Waals surface area contributed by atoms with Crippen LogP contribution in [0, 0.1) is 0 Å². The predicted octanol–water partition coefficient (Wildman–Crippen LogP) is 2.62. The molecule has 82 valence electrons. The van der Waals surface area contributed by atoms with E-state index in [-0.39, 0.29) is 5.56 Å². The van der Waals surface area contributed by atoms with E-state index in [4.69, 9.17) is 10.8 Å². The second kappa shape index (κ2) is 4.37.